The van der Waals surface area contributed by atoms with Crippen LogP contribution in [0.4, 0.5) is 0 Å². The SMILES string of the molecule is CCOC1CN(C(=O)c2cc3c(nc(C)n3C)c3c2CC[C@@H](c2ccccc2C)O3)C1. The van der Waals surface area contributed by atoms with E-state index in [0.717, 1.165) is 46.6 Å². The first kappa shape index (κ1) is 20.1. The van der Waals surface area contributed by atoms with Gasteiger partial charge in [0.25, 0.3) is 5.91 Å². The third kappa shape index (κ3) is 3.30. The lowest BCUT2D eigenvalue weighted by atomic mass is 9.91. The second kappa shape index (κ2) is 7.68. The number of ether oxygens (including phenoxy) is 2. The third-order valence-corrected chi connectivity index (χ3v) is 6.68. The second-order valence-electron chi connectivity index (χ2n) is 8.61. The van der Waals surface area contributed by atoms with E-state index in [-0.39, 0.29) is 18.1 Å². The lowest BCUT2D eigenvalue weighted by Crippen LogP contribution is -2.54. The molecule has 3 heterocycles. The maximum Gasteiger partial charge on any atom is 0.254 e. The molecule has 0 radical (unpaired) electrons. The first-order valence-electron chi connectivity index (χ1n) is 11.1. The van der Waals surface area contributed by atoms with Crippen molar-refractivity contribution in [2.45, 2.75) is 45.8 Å². The van der Waals surface area contributed by atoms with Crippen LogP contribution < -0.4 is 4.74 Å². The van der Waals surface area contributed by atoms with Gasteiger partial charge < -0.3 is 18.9 Å². The highest BCUT2D eigenvalue weighted by molar-refractivity contribution is 6.02. The molecule has 0 aliphatic carbocycles. The number of amides is 1. The molecule has 2 aliphatic heterocycles. The van der Waals surface area contributed by atoms with Crippen molar-refractivity contribution in [3.05, 3.63) is 58.4 Å². The van der Waals surface area contributed by atoms with Crippen molar-refractivity contribution in [1.82, 2.24) is 14.5 Å². The van der Waals surface area contributed by atoms with Crippen LogP contribution >= 0.6 is 0 Å². The van der Waals surface area contributed by atoms with Crippen LogP contribution in [-0.4, -0.2) is 46.2 Å². The van der Waals surface area contributed by atoms with Gasteiger partial charge in [-0.25, -0.2) is 4.98 Å². The van der Waals surface area contributed by atoms with E-state index < -0.39 is 0 Å². The number of benzene rings is 2. The molecular formula is C25H29N3O3. The fraction of sp³-hybridized carbons (Fsp3) is 0.440. The minimum absolute atomic E-state index is 0.0316. The molecule has 6 nitrogen and oxygen atoms in total. The Kier molecular flexibility index (Phi) is 4.97. The minimum atomic E-state index is -0.0316. The van der Waals surface area contributed by atoms with Crippen LogP contribution in [0.2, 0.25) is 0 Å². The summed E-state index contributed by atoms with van der Waals surface area (Å²) >= 11 is 0. The Hall–Kier alpha value is -2.86. The maximum absolute atomic E-state index is 13.4. The van der Waals surface area contributed by atoms with Gasteiger partial charge in [-0.1, -0.05) is 24.3 Å². The van der Waals surface area contributed by atoms with Crippen LogP contribution in [0.5, 0.6) is 5.75 Å². The molecule has 31 heavy (non-hydrogen) atoms. The van der Waals surface area contributed by atoms with Crippen LogP contribution in [-0.2, 0) is 18.2 Å². The summed E-state index contributed by atoms with van der Waals surface area (Å²) in [5.41, 5.74) is 5.93. The fourth-order valence-electron chi connectivity index (χ4n) is 4.77. The first-order valence-corrected chi connectivity index (χ1v) is 11.1. The molecule has 1 amide bonds. The van der Waals surface area contributed by atoms with Gasteiger partial charge in [0, 0.05) is 37.9 Å². The summed E-state index contributed by atoms with van der Waals surface area (Å²) in [6.45, 7) is 8.07. The lowest BCUT2D eigenvalue weighted by Gasteiger charge is -2.39. The fourth-order valence-corrected chi connectivity index (χ4v) is 4.77. The van der Waals surface area contributed by atoms with E-state index >= 15 is 0 Å². The number of hydrogen-bond donors (Lipinski definition) is 0. The van der Waals surface area contributed by atoms with Gasteiger partial charge in [-0.3, -0.25) is 4.79 Å². The average molecular weight is 420 g/mol. The number of aromatic nitrogens is 2. The number of rotatable bonds is 4. The smallest absolute Gasteiger partial charge is 0.254 e. The summed E-state index contributed by atoms with van der Waals surface area (Å²) in [5, 5.41) is 0. The molecule has 3 aromatic rings. The molecule has 5 rings (SSSR count). The number of nitrogens with zero attached hydrogens (tertiary/aromatic N) is 3. The quantitative estimate of drug-likeness (QED) is 0.638. The van der Waals surface area contributed by atoms with E-state index in [1.807, 2.05) is 36.4 Å². The maximum atomic E-state index is 13.4. The molecule has 1 atom stereocenters. The number of imidazole rings is 1. The molecule has 1 saturated heterocycles. The van der Waals surface area contributed by atoms with E-state index in [2.05, 4.69) is 31.2 Å². The van der Waals surface area contributed by atoms with E-state index in [1.165, 1.54) is 11.1 Å². The summed E-state index contributed by atoms with van der Waals surface area (Å²) in [6, 6.07) is 10.4. The van der Waals surface area contributed by atoms with Crippen molar-refractivity contribution in [3.63, 3.8) is 0 Å². The highest BCUT2D eigenvalue weighted by atomic mass is 16.5. The summed E-state index contributed by atoms with van der Waals surface area (Å²) in [6.07, 6.45) is 1.76. The van der Waals surface area contributed by atoms with E-state index in [0.29, 0.717) is 19.7 Å². The molecule has 1 fully saturated rings. The third-order valence-electron chi connectivity index (χ3n) is 6.68. The first-order chi connectivity index (χ1) is 15.0. The summed E-state index contributed by atoms with van der Waals surface area (Å²) in [4.78, 5) is 20.1. The second-order valence-corrected chi connectivity index (χ2v) is 8.61. The van der Waals surface area contributed by atoms with Gasteiger partial charge in [0.15, 0.2) is 5.75 Å². The Morgan fingerprint density at radius 1 is 1.26 bits per heavy atom. The molecule has 0 spiro atoms. The number of hydrogen-bond acceptors (Lipinski definition) is 4. The number of fused-ring (bicyclic) bond motifs is 3. The van der Waals surface area contributed by atoms with Gasteiger partial charge >= 0.3 is 0 Å². The zero-order valence-electron chi connectivity index (χ0n) is 18.6. The van der Waals surface area contributed by atoms with E-state index in [9.17, 15) is 4.79 Å². The minimum Gasteiger partial charge on any atom is -0.483 e. The predicted molar refractivity (Wildman–Crippen MR) is 120 cm³/mol. The molecule has 0 N–H and O–H groups in total. The topological polar surface area (TPSA) is 56.6 Å². The summed E-state index contributed by atoms with van der Waals surface area (Å²) in [7, 11) is 1.99. The highest BCUT2D eigenvalue weighted by Crippen LogP contribution is 2.42. The Bertz CT molecular complexity index is 1160. The molecule has 6 heteroatoms. The molecular weight excluding hydrogens is 390 g/mol. The highest BCUT2D eigenvalue weighted by Gasteiger charge is 2.36. The average Bonchev–Trinajstić information content (AvgIpc) is 3.03. The standard InChI is InChI=1S/C25H29N3O3/c1-5-30-17-13-28(14-17)25(29)20-12-21-23(26-16(3)27(21)4)24-19(20)10-11-22(31-24)18-9-7-6-8-15(18)2/h6-9,12,17,22H,5,10-11,13-14H2,1-4H3/t22-/m0/s1. The van der Waals surface area contributed by atoms with Crippen LogP contribution in [0.15, 0.2) is 30.3 Å². The van der Waals surface area contributed by atoms with Gasteiger partial charge in [0.1, 0.15) is 17.4 Å². The molecule has 1 aromatic heterocycles. The lowest BCUT2D eigenvalue weighted by molar-refractivity contribution is -0.0378. The Morgan fingerprint density at radius 3 is 2.77 bits per heavy atom. The van der Waals surface area contributed by atoms with Crippen molar-refractivity contribution < 1.29 is 14.3 Å². The molecule has 0 saturated carbocycles. The number of carbonyl (C=O) groups is 1. The van der Waals surface area contributed by atoms with Gasteiger partial charge in [0.2, 0.25) is 0 Å². The Balaban J connectivity index is 1.56. The van der Waals surface area contributed by atoms with Crippen molar-refractivity contribution in [3.8, 4) is 5.75 Å². The van der Waals surface area contributed by atoms with Crippen LogP contribution in [0, 0.1) is 13.8 Å². The van der Waals surface area contributed by atoms with Gasteiger partial charge in [-0.15, -0.1) is 0 Å². The normalized spacial score (nSPS) is 18.6. The number of carbonyl (C=O) groups excluding carboxylic acids is 1. The Morgan fingerprint density at radius 2 is 2.03 bits per heavy atom. The van der Waals surface area contributed by atoms with Crippen LogP contribution in [0.1, 0.15) is 52.3 Å². The zero-order chi connectivity index (χ0) is 21.7. The van der Waals surface area contributed by atoms with Crippen LogP contribution in [0.3, 0.4) is 0 Å². The van der Waals surface area contributed by atoms with Crippen molar-refractivity contribution in [2.24, 2.45) is 7.05 Å². The molecule has 0 bridgehead atoms. The number of aryl methyl sites for hydroxylation is 3. The van der Waals surface area contributed by atoms with Crippen LogP contribution in [0.25, 0.3) is 11.0 Å². The molecule has 2 aromatic carbocycles. The monoisotopic (exact) mass is 419 g/mol. The summed E-state index contributed by atoms with van der Waals surface area (Å²) in [5.74, 6) is 1.74. The van der Waals surface area contributed by atoms with Gasteiger partial charge in [-0.2, -0.15) is 0 Å². The van der Waals surface area contributed by atoms with Gasteiger partial charge in [-0.05, 0) is 50.8 Å². The van der Waals surface area contributed by atoms with Gasteiger partial charge in [0.05, 0.1) is 11.6 Å². The predicted octanol–water partition coefficient (Wildman–Crippen LogP) is 4.12. The Labute approximate surface area is 182 Å². The largest absolute Gasteiger partial charge is 0.483 e. The van der Waals surface area contributed by atoms with E-state index in [1.54, 1.807) is 0 Å². The zero-order valence-corrected chi connectivity index (χ0v) is 18.6. The molecule has 2 aliphatic rings. The summed E-state index contributed by atoms with van der Waals surface area (Å²) < 4.78 is 14.3. The van der Waals surface area contributed by atoms with Crippen molar-refractivity contribution >= 4 is 16.9 Å². The van der Waals surface area contributed by atoms with E-state index in [4.69, 9.17) is 14.5 Å². The number of likely N-dealkylation sites (tertiary alicyclic amines) is 1. The van der Waals surface area contributed by atoms with Crippen molar-refractivity contribution in [2.75, 3.05) is 19.7 Å². The molecule has 162 valence electrons. The molecule has 0 unspecified atom stereocenters. The van der Waals surface area contributed by atoms with Crippen molar-refractivity contribution in [1.29, 1.82) is 0 Å².